The van der Waals surface area contributed by atoms with Crippen molar-refractivity contribution in [2.45, 2.75) is 36.1 Å². The first-order valence-electron chi connectivity index (χ1n) is 12.1. The van der Waals surface area contributed by atoms with E-state index in [4.69, 9.17) is 4.74 Å². The van der Waals surface area contributed by atoms with Gasteiger partial charge in [-0.1, -0.05) is 48.2 Å². The molecule has 0 radical (unpaired) electrons. The minimum Gasteiger partial charge on any atom is -0.477 e. The monoisotopic (exact) mass is 600 g/mol. The van der Waals surface area contributed by atoms with Crippen molar-refractivity contribution in [3.8, 4) is 0 Å². The van der Waals surface area contributed by atoms with Gasteiger partial charge in [-0.15, -0.1) is 28.2 Å². The van der Waals surface area contributed by atoms with Gasteiger partial charge in [0.1, 0.15) is 29.5 Å². The van der Waals surface area contributed by atoms with Crippen molar-refractivity contribution in [2.24, 2.45) is 0 Å². The van der Waals surface area contributed by atoms with E-state index in [9.17, 15) is 24.3 Å². The maximum Gasteiger partial charge on any atom is 0.407 e. The number of aromatic nitrogens is 3. The summed E-state index contributed by atoms with van der Waals surface area (Å²) in [4.78, 5) is 55.7. The maximum atomic E-state index is 12.8. The molecule has 12 nitrogen and oxygen atoms in total. The average Bonchev–Trinajstić information content (AvgIpc) is 3.64. The van der Waals surface area contributed by atoms with E-state index < -0.39 is 29.4 Å². The van der Waals surface area contributed by atoms with Crippen LogP contribution < -0.4 is 10.6 Å². The Morgan fingerprint density at radius 2 is 2.02 bits per heavy atom. The molecule has 3 amide bonds. The third kappa shape index (κ3) is 6.48. The van der Waals surface area contributed by atoms with E-state index in [0.717, 1.165) is 10.4 Å². The van der Waals surface area contributed by atoms with Gasteiger partial charge in [0.15, 0.2) is 0 Å². The molecular weight excluding hydrogens is 577 g/mol. The van der Waals surface area contributed by atoms with Crippen molar-refractivity contribution in [1.82, 2.24) is 30.7 Å². The second-order valence-electron chi connectivity index (χ2n) is 8.74. The highest BCUT2D eigenvalue weighted by Crippen LogP contribution is 2.41. The number of ether oxygens (including phenoxy) is 1. The highest BCUT2D eigenvalue weighted by atomic mass is 32.2. The first kappa shape index (κ1) is 27.7. The molecule has 3 aromatic rings. The van der Waals surface area contributed by atoms with Gasteiger partial charge in [-0.25, -0.2) is 14.6 Å². The zero-order valence-electron chi connectivity index (χ0n) is 20.9. The Balaban J connectivity index is 1.12. The second kappa shape index (κ2) is 12.6. The van der Waals surface area contributed by atoms with Gasteiger partial charge in [0, 0.05) is 16.4 Å². The number of thiophene rings is 1. The lowest BCUT2D eigenvalue weighted by atomic mass is 10.0. The normalized spacial score (nSPS) is 18.1. The quantitative estimate of drug-likeness (QED) is 0.190. The van der Waals surface area contributed by atoms with Crippen LogP contribution in [0.2, 0.25) is 0 Å². The number of amides is 3. The van der Waals surface area contributed by atoms with Gasteiger partial charge in [-0.05, 0) is 22.6 Å². The van der Waals surface area contributed by atoms with Crippen molar-refractivity contribution >= 4 is 58.7 Å². The Morgan fingerprint density at radius 1 is 1.20 bits per heavy atom. The smallest absolute Gasteiger partial charge is 0.407 e. The van der Waals surface area contributed by atoms with Gasteiger partial charge in [-0.3, -0.25) is 19.6 Å². The lowest BCUT2D eigenvalue weighted by molar-refractivity contribution is -0.150. The number of fused-ring (bicyclic) bond motifs is 1. The molecular formula is C25H24N6O6S3. The van der Waals surface area contributed by atoms with E-state index in [1.807, 2.05) is 47.8 Å². The van der Waals surface area contributed by atoms with E-state index in [2.05, 4.69) is 25.8 Å². The molecule has 0 spiro atoms. The van der Waals surface area contributed by atoms with Crippen LogP contribution in [0, 0.1) is 0 Å². The highest BCUT2D eigenvalue weighted by Gasteiger charge is 2.54. The second-order valence-corrected chi connectivity index (χ2v) is 11.8. The lowest BCUT2D eigenvalue weighted by Gasteiger charge is -2.49. The Kier molecular flexibility index (Phi) is 8.72. The first-order chi connectivity index (χ1) is 19.4. The summed E-state index contributed by atoms with van der Waals surface area (Å²) in [6.45, 7) is 0.218. The lowest BCUT2D eigenvalue weighted by Crippen LogP contribution is -2.70. The van der Waals surface area contributed by atoms with Crippen molar-refractivity contribution in [3.63, 3.8) is 0 Å². The van der Waals surface area contributed by atoms with Crippen LogP contribution in [0.5, 0.6) is 0 Å². The van der Waals surface area contributed by atoms with E-state index in [0.29, 0.717) is 22.3 Å². The zero-order chi connectivity index (χ0) is 28.1. The molecule has 4 N–H and O–H groups in total. The zero-order valence-corrected chi connectivity index (χ0v) is 23.3. The van der Waals surface area contributed by atoms with E-state index >= 15 is 0 Å². The molecule has 0 saturated carbocycles. The highest BCUT2D eigenvalue weighted by molar-refractivity contribution is 8.01. The molecule has 2 aliphatic heterocycles. The molecule has 1 aromatic carbocycles. The number of nitrogens with one attached hydrogen (secondary N) is 3. The molecule has 0 bridgehead atoms. The Morgan fingerprint density at radius 3 is 2.77 bits per heavy atom. The van der Waals surface area contributed by atoms with Gasteiger partial charge in [0.05, 0.1) is 13.0 Å². The molecule has 2 aliphatic rings. The van der Waals surface area contributed by atoms with Gasteiger partial charge in [0.2, 0.25) is 11.1 Å². The molecule has 0 aliphatic carbocycles. The standard InChI is InChI=1S/C25H24N6O6S3/c32-18(9-16-7-4-8-38-16)28-19-21(33)31-20(23(34)35)15(12-39-22(19)31)13-40-24-27-17(29-30-24)10-26-25(36)37-11-14-5-2-1-3-6-14/h1-8,19,22H,9-13H2,(H,26,36)(H,28,32)(H,34,35)(H,27,29,30)/t19?,22-/m1/s1. The number of rotatable bonds is 11. The largest absolute Gasteiger partial charge is 0.477 e. The summed E-state index contributed by atoms with van der Waals surface area (Å²) >= 11 is 4.08. The number of hydrogen-bond acceptors (Lipinski definition) is 10. The third-order valence-electron chi connectivity index (χ3n) is 5.98. The van der Waals surface area contributed by atoms with Crippen LogP contribution in [0.25, 0.3) is 0 Å². The van der Waals surface area contributed by atoms with Crippen LogP contribution in [0.1, 0.15) is 16.3 Å². The molecule has 208 valence electrons. The number of benzene rings is 1. The van der Waals surface area contributed by atoms with E-state index in [-0.39, 0.29) is 36.9 Å². The number of aromatic amines is 1. The Bertz CT molecular complexity index is 1430. The van der Waals surface area contributed by atoms with Crippen LogP contribution in [-0.4, -0.2) is 72.0 Å². The van der Waals surface area contributed by atoms with Crippen molar-refractivity contribution in [1.29, 1.82) is 0 Å². The summed E-state index contributed by atoms with van der Waals surface area (Å²) in [5.74, 6) is -0.878. The summed E-state index contributed by atoms with van der Waals surface area (Å²) in [7, 11) is 0. The van der Waals surface area contributed by atoms with E-state index in [1.165, 1.54) is 39.8 Å². The van der Waals surface area contributed by atoms with Gasteiger partial charge in [-0.2, -0.15) is 0 Å². The fourth-order valence-electron chi connectivity index (χ4n) is 4.09. The molecule has 4 heterocycles. The van der Waals surface area contributed by atoms with Crippen LogP contribution in [-0.2, 0) is 38.7 Å². The summed E-state index contributed by atoms with van der Waals surface area (Å²) in [5, 5.41) is 23.8. The maximum absolute atomic E-state index is 12.8. The topological polar surface area (TPSA) is 167 Å². The molecule has 1 unspecified atom stereocenters. The van der Waals surface area contributed by atoms with Crippen molar-refractivity contribution in [2.75, 3.05) is 11.5 Å². The number of alkyl carbamates (subject to hydrolysis) is 1. The van der Waals surface area contributed by atoms with Crippen molar-refractivity contribution in [3.05, 3.63) is 75.4 Å². The molecule has 1 fully saturated rings. The van der Waals surface area contributed by atoms with Crippen molar-refractivity contribution < 1.29 is 29.0 Å². The minimum absolute atomic E-state index is 0.0661. The van der Waals surface area contributed by atoms with Gasteiger partial charge >= 0.3 is 12.1 Å². The molecule has 1 saturated heterocycles. The van der Waals surface area contributed by atoms with Crippen LogP contribution in [0.3, 0.4) is 0 Å². The summed E-state index contributed by atoms with van der Waals surface area (Å²) in [6, 6.07) is 12.2. The summed E-state index contributed by atoms with van der Waals surface area (Å²) in [6.07, 6.45) is -0.425. The Labute approximate surface area is 241 Å². The fourth-order valence-corrected chi connectivity index (χ4v) is 7.10. The number of aliphatic carboxylic acids is 1. The molecule has 40 heavy (non-hydrogen) atoms. The van der Waals surface area contributed by atoms with Gasteiger partial charge in [0.25, 0.3) is 5.91 Å². The van der Waals surface area contributed by atoms with E-state index in [1.54, 1.807) is 0 Å². The number of carbonyl (C=O) groups excluding carboxylic acids is 3. The molecule has 5 rings (SSSR count). The summed E-state index contributed by atoms with van der Waals surface area (Å²) in [5.41, 5.74) is 1.36. The van der Waals surface area contributed by atoms with Gasteiger partial charge < -0.3 is 20.5 Å². The number of β-lactam (4-membered cyclic amide) rings is 1. The SMILES string of the molecule is O=C(Cc1cccs1)NC1C(=O)N2C(C(=O)O)=C(CSc3n[nH]c(CNC(=O)OCc4ccccc4)n3)CS[C@H]12. The number of carboxylic acids is 1. The molecule has 2 atom stereocenters. The number of carboxylic acid groups (broad SMARTS) is 1. The summed E-state index contributed by atoms with van der Waals surface area (Å²) < 4.78 is 5.17. The predicted octanol–water partition coefficient (Wildman–Crippen LogP) is 2.37. The fraction of sp³-hybridized carbons (Fsp3) is 0.280. The number of nitrogens with zero attached hydrogens (tertiary/aromatic N) is 3. The number of H-pyrrole nitrogens is 1. The third-order valence-corrected chi connectivity index (χ3v) is 9.13. The number of hydrogen-bond donors (Lipinski definition) is 4. The minimum atomic E-state index is -1.20. The number of carbonyl (C=O) groups is 4. The Hall–Kier alpha value is -3.82. The van der Waals surface area contributed by atoms with Crippen LogP contribution in [0.15, 0.2) is 64.3 Å². The predicted molar refractivity (Wildman–Crippen MR) is 148 cm³/mol. The van der Waals surface area contributed by atoms with Crippen LogP contribution >= 0.6 is 34.9 Å². The molecule has 2 aromatic heterocycles. The molecule has 15 heteroatoms. The average molecular weight is 601 g/mol. The number of thioether (sulfide) groups is 2. The van der Waals surface area contributed by atoms with Crippen LogP contribution in [0.4, 0.5) is 4.79 Å². The first-order valence-corrected chi connectivity index (χ1v) is 15.0.